The maximum absolute atomic E-state index is 12.5. The summed E-state index contributed by atoms with van der Waals surface area (Å²) in [6.45, 7) is 0.817. The van der Waals surface area contributed by atoms with Gasteiger partial charge in [-0.25, -0.2) is 4.68 Å². The molecule has 0 N–H and O–H groups in total. The van der Waals surface area contributed by atoms with Crippen LogP contribution in [0.1, 0.15) is 17.5 Å². The summed E-state index contributed by atoms with van der Waals surface area (Å²) in [6.07, 6.45) is 5.27. The number of thioether (sulfide) groups is 1. The monoisotopic (exact) mass is 363 g/mol. The highest BCUT2D eigenvalue weighted by Crippen LogP contribution is 2.28. The second kappa shape index (κ2) is 7.79. The third-order valence-corrected chi connectivity index (χ3v) is 5.65. The Labute approximate surface area is 157 Å². The summed E-state index contributed by atoms with van der Waals surface area (Å²) in [5.41, 5.74) is 4.71. The van der Waals surface area contributed by atoms with Crippen LogP contribution in [0, 0.1) is 0 Å². The van der Waals surface area contributed by atoms with E-state index in [0.29, 0.717) is 6.42 Å². The van der Waals surface area contributed by atoms with Gasteiger partial charge in [0.2, 0.25) is 5.91 Å². The van der Waals surface area contributed by atoms with Crippen molar-refractivity contribution in [2.45, 2.75) is 18.6 Å². The van der Waals surface area contributed by atoms with Crippen LogP contribution in [0.25, 0.3) is 5.69 Å². The van der Waals surface area contributed by atoms with Crippen molar-refractivity contribution in [1.82, 2.24) is 9.78 Å². The van der Waals surface area contributed by atoms with Crippen molar-refractivity contribution in [3.8, 4) is 5.69 Å². The zero-order valence-corrected chi connectivity index (χ0v) is 15.4. The fourth-order valence-electron chi connectivity index (χ4n) is 3.25. The van der Waals surface area contributed by atoms with E-state index in [0.717, 1.165) is 35.8 Å². The molecule has 0 fully saturated rings. The number of anilines is 1. The van der Waals surface area contributed by atoms with Crippen LogP contribution in [-0.4, -0.2) is 28.0 Å². The third kappa shape index (κ3) is 3.68. The number of para-hydroxylation sites is 1. The minimum Gasteiger partial charge on any atom is -0.312 e. The summed E-state index contributed by atoms with van der Waals surface area (Å²) in [5, 5.41) is 4.23. The zero-order chi connectivity index (χ0) is 17.8. The molecule has 132 valence electrons. The van der Waals surface area contributed by atoms with Crippen molar-refractivity contribution in [3.63, 3.8) is 0 Å². The topological polar surface area (TPSA) is 38.1 Å². The van der Waals surface area contributed by atoms with E-state index in [1.54, 1.807) is 6.20 Å². The van der Waals surface area contributed by atoms with E-state index >= 15 is 0 Å². The fourth-order valence-corrected chi connectivity index (χ4v) is 4.14. The van der Waals surface area contributed by atoms with Crippen molar-refractivity contribution in [2.24, 2.45) is 0 Å². The molecule has 1 amide bonds. The Balaban J connectivity index is 1.25. The molecule has 1 aromatic heterocycles. The Hall–Kier alpha value is -2.53. The highest BCUT2D eigenvalue weighted by Gasteiger charge is 2.23. The Kier molecular flexibility index (Phi) is 5.07. The standard InChI is InChI=1S/C21H21N3OS/c25-21(23-14-10-18-4-1-2-5-20(18)23)11-15-26-16-17-6-8-19(9-7-17)24-13-3-12-22-24/h1-9,12-13H,10-11,14-16H2. The predicted octanol–water partition coefficient (Wildman–Crippen LogP) is 4.08. The summed E-state index contributed by atoms with van der Waals surface area (Å²) in [6, 6.07) is 18.5. The molecule has 2 heterocycles. The lowest BCUT2D eigenvalue weighted by atomic mass is 10.2. The highest BCUT2D eigenvalue weighted by molar-refractivity contribution is 7.98. The average Bonchev–Trinajstić information content (AvgIpc) is 3.35. The smallest absolute Gasteiger partial charge is 0.227 e. The molecule has 4 rings (SSSR count). The Morgan fingerprint density at radius 1 is 1.08 bits per heavy atom. The lowest BCUT2D eigenvalue weighted by Crippen LogP contribution is -2.29. The third-order valence-electron chi connectivity index (χ3n) is 4.62. The van der Waals surface area contributed by atoms with Crippen LogP contribution in [0.5, 0.6) is 0 Å². The van der Waals surface area contributed by atoms with Crippen LogP contribution in [0.3, 0.4) is 0 Å². The Morgan fingerprint density at radius 3 is 2.73 bits per heavy atom. The zero-order valence-electron chi connectivity index (χ0n) is 14.5. The van der Waals surface area contributed by atoms with Crippen molar-refractivity contribution in [1.29, 1.82) is 0 Å². The quantitative estimate of drug-likeness (QED) is 0.619. The van der Waals surface area contributed by atoms with E-state index in [2.05, 4.69) is 41.5 Å². The maximum Gasteiger partial charge on any atom is 0.227 e. The Morgan fingerprint density at radius 2 is 1.92 bits per heavy atom. The van der Waals surface area contributed by atoms with Gasteiger partial charge >= 0.3 is 0 Å². The number of rotatable bonds is 6. The molecule has 0 unspecified atom stereocenters. The molecule has 2 aromatic carbocycles. The summed E-state index contributed by atoms with van der Waals surface area (Å²) >= 11 is 1.81. The van der Waals surface area contributed by atoms with Gasteiger partial charge < -0.3 is 4.90 Å². The van der Waals surface area contributed by atoms with Crippen LogP contribution < -0.4 is 4.90 Å². The largest absolute Gasteiger partial charge is 0.312 e. The molecule has 0 atom stereocenters. The molecule has 4 nitrogen and oxygen atoms in total. The first-order valence-corrected chi connectivity index (χ1v) is 10.0. The van der Waals surface area contributed by atoms with Crippen LogP contribution in [-0.2, 0) is 17.0 Å². The number of aromatic nitrogens is 2. The summed E-state index contributed by atoms with van der Waals surface area (Å²) < 4.78 is 1.85. The molecular weight excluding hydrogens is 342 g/mol. The molecule has 26 heavy (non-hydrogen) atoms. The molecule has 0 saturated carbocycles. The van der Waals surface area contributed by atoms with E-state index in [4.69, 9.17) is 0 Å². The van der Waals surface area contributed by atoms with E-state index in [1.165, 1.54) is 11.1 Å². The van der Waals surface area contributed by atoms with Crippen LogP contribution in [0.15, 0.2) is 67.0 Å². The number of hydrogen-bond acceptors (Lipinski definition) is 3. The Bertz CT molecular complexity index is 875. The van der Waals surface area contributed by atoms with E-state index < -0.39 is 0 Å². The average molecular weight is 363 g/mol. The molecule has 0 radical (unpaired) electrons. The van der Waals surface area contributed by atoms with Crippen LogP contribution in [0.4, 0.5) is 5.69 Å². The molecule has 1 aliphatic rings. The SMILES string of the molecule is O=C(CCSCc1ccc(-n2cccn2)cc1)N1CCc2ccccc21. The second-order valence-electron chi connectivity index (χ2n) is 6.34. The molecule has 1 aliphatic heterocycles. The molecule has 0 bridgehead atoms. The number of carbonyl (C=O) groups is 1. The normalized spacial score (nSPS) is 13.0. The summed E-state index contributed by atoms with van der Waals surface area (Å²) in [5.74, 6) is 2.00. The number of nitrogens with zero attached hydrogens (tertiary/aromatic N) is 3. The first kappa shape index (κ1) is 16.9. The molecule has 0 aliphatic carbocycles. The number of amides is 1. The van der Waals surface area contributed by atoms with Gasteiger partial charge in [-0.3, -0.25) is 4.79 Å². The van der Waals surface area contributed by atoms with Crippen molar-refractivity contribution < 1.29 is 4.79 Å². The molecule has 3 aromatic rings. The molecular formula is C21H21N3OS. The first-order valence-electron chi connectivity index (χ1n) is 8.86. The first-order chi connectivity index (χ1) is 12.8. The van der Waals surface area contributed by atoms with Gasteiger partial charge in [0.15, 0.2) is 0 Å². The number of fused-ring (bicyclic) bond motifs is 1. The summed E-state index contributed by atoms with van der Waals surface area (Å²) in [4.78, 5) is 14.4. The fraction of sp³-hybridized carbons (Fsp3) is 0.238. The number of benzene rings is 2. The predicted molar refractivity (Wildman–Crippen MR) is 107 cm³/mol. The van der Waals surface area contributed by atoms with Crippen molar-refractivity contribution in [3.05, 3.63) is 78.1 Å². The van der Waals surface area contributed by atoms with Gasteiger partial charge in [-0.05, 0) is 41.8 Å². The van der Waals surface area contributed by atoms with Gasteiger partial charge in [-0.1, -0.05) is 30.3 Å². The lowest BCUT2D eigenvalue weighted by Gasteiger charge is -2.17. The minimum absolute atomic E-state index is 0.233. The van der Waals surface area contributed by atoms with Crippen molar-refractivity contribution >= 4 is 23.4 Å². The van der Waals surface area contributed by atoms with Gasteiger partial charge in [0.1, 0.15) is 0 Å². The van der Waals surface area contributed by atoms with Gasteiger partial charge in [-0.2, -0.15) is 16.9 Å². The van der Waals surface area contributed by atoms with E-state index in [9.17, 15) is 4.79 Å². The van der Waals surface area contributed by atoms with E-state index in [1.807, 2.05) is 45.7 Å². The molecule has 0 spiro atoms. The molecule has 5 heteroatoms. The summed E-state index contributed by atoms with van der Waals surface area (Å²) in [7, 11) is 0. The van der Waals surface area contributed by atoms with E-state index in [-0.39, 0.29) is 5.91 Å². The van der Waals surface area contributed by atoms with Crippen LogP contribution >= 0.6 is 11.8 Å². The lowest BCUT2D eigenvalue weighted by molar-refractivity contribution is -0.118. The maximum atomic E-state index is 12.5. The van der Waals surface area contributed by atoms with Crippen molar-refractivity contribution in [2.75, 3.05) is 17.2 Å². The van der Waals surface area contributed by atoms with Gasteiger partial charge in [0, 0.05) is 42.6 Å². The molecule has 0 saturated heterocycles. The number of carbonyl (C=O) groups excluding carboxylic acids is 1. The van der Waals surface area contributed by atoms with Crippen LogP contribution in [0.2, 0.25) is 0 Å². The van der Waals surface area contributed by atoms with Gasteiger partial charge in [-0.15, -0.1) is 0 Å². The van der Waals surface area contributed by atoms with Gasteiger partial charge in [0.25, 0.3) is 0 Å². The highest BCUT2D eigenvalue weighted by atomic mass is 32.2. The number of hydrogen-bond donors (Lipinski definition) is 0. The minimum atomic E-state index is 0.233. The second-order valence-corrected chi connectivity index (χ2v) is 7.45. The van der Waals surface area contributed by atoms with Gasteiger partial charge in [0.05, 0.1) is 5.69 Å².